The minimum Gasteiger partial charge on any atom is -0.336 e. The third-order valence-electron chi connectivity index (χ3n) is 3.42. The minimum absolute atomic E-state index is 0.00447. The van der Waals surface area contributed by atoms with E-state index >= 15 is 0 Å². The number of benzene rings is 1. The Morgan fingerprint density at radius 2 is 2.00 bits per heavy atom. The number of nitrogens with zero attached hydrogens (tertiary/aromatic N) is 2. The van der Waals surface area contributed by atoms with Gasteiger partial charge in [0.1, 0.15) is 0 Å². The van der Waals surface area contributed by atoms with Gasteiger partial charge in [-0.2, -0.15) is 5.10 Å². The number of aromatic nitrogens is 2. The first kappa shape index (κ1) is 13.1. The molecule has 0 saturated carbocycles. The SMILES string of the molecule is O=C(c1cn[nH]c1-c1ccccc1Cl)N1CCNCC1. The summed E-state index contributed by atoms with van der Waals surface area (Å²) >= 11 is 6.20. The molecule has 5 nitrogen and oxygen atoms in total. The molecule has 0 spiro atoms. The van der Waals surface area contributed by atoms with E-state index in [4.69, 9.17) is 11.6 Å². The molecule has 20 heavy (non-hydrogen) atoms. The largest absolute Gasteiger partial charge is 0.336 e. The molecule has 1 saturated heterocycles. The maximum absolute atomic E-state index is 12.6. The summed E-state index contributed by atoms with van der Waals surface area (Å²) in [5, 5.41) is 10.7. The van der Waals surface area contributed by atoms with Crippen molar-refractivity contribution in [2.75, 3.05) is 26.2 Å². The Balaban J connectivity index is 1.94. The molecule has 0 bridgehead atoms. The van der Waals surface area contributed by atoms with Crippen LogP contribution < -0.4 is 5.32 Å². The van der Waals surface area contributed by atoms with Crippen molar-refractivity contribution in [2.45, 2.75) is 0 Å². The topological polar surface area (TPSA) is 61.0 Å². The molecule has 1 amide bonds. The lowest BCUT2D eigenvalue weighted by Crippen LogP contribution is -2.46. The first-order chi connectivity index (χ1) is 9.77. The van der Waals surface area contributed by atoms with Crippen LogP contribution in [-0.2, 0) is 0 Å². The highest BCUT2D eigenvalue weighted by Crippen LogP contribution is 2.29. The lowest BCUT2D eigenvalue weighted by atomic mass is 10.1. The summed E-state index contributed by atoms with van der Waals surface area (Å²) in [7, 11) is 0. The zero-order valence-electron chi connectivity index (χ0n) is 10.9. The van der Waals surface area contributed by atoms with Crippen molar-refractivity contribution in [3.63, 3.8) is 0 Å². The summed E-state index contributed by atoms with van der Waals surface area (Å²) in [4.78, 5) is 14.4. The van der Waals surface area contributed by atoms with Crippen LogP contribution in [0.3, 0.4) is 0 Å². The molecule has 1 aromatic heterocycles. The number of hydrogen-bond donors (Lipinski definition) is 2. The normalized spacial score (nSPS) is 15.3. The summed E-state index contributed by atoms with van der Waals surface area (Å²) in [5.41, 5.74) is 2.05. The number of carbonyl (C=O) groups excluding carboxylic acids is 1. The zero-order valence-corrected chi connectivity index (χ0v) is 11.7. The summed E-state index contributed by atoms with van der Waals surface area (Å²) in [5.74, 6) is -0.00447. The molecule has 0 radical (unpaired) electrons. The summed E-state index contributed by atoms with van der Waals surface area (Å²) in [6.45, 7) is 3.08. The van der Waals surface area contributed by atoms with Crippen molar-refractivity contribution in [3.05, 3.63) is 41.0 Å². The quantitative estimate of drug-likeness (QED) is 0.886. The molecule has 0 unspecified atom stereocenters. The fourth-order valence-corrected chi connectivity index (χ4v) is 2.59. The van der Waals surface area contributed by atoms with Crippen molar-refractivity contribution >= 4 is 17.5 Å². The number of hydrogen-bond acceptors (Lipinski definition) is 3. The number of rotatable bonds is 2. The predicted molar refractivity (Wildman–Crippen MR) is 77.8 cm³/mol. The Morgan fingerprint density at radius 1 is 1.25 bits per heavy atom. The molecule has 104 valence electrons. The zero-order chi connectivity index (χ0) is 13.9. The Kier molecular flexibility index (Phi) is 3.71. The lowest BCUT2D eigenvalue weighted by molar-refractivity contribution is 0.0736. The number of piperazine rings is 1. The minimum atomic E-state index is -0.00447. The van der Waals surface area contributed by atoms with E-state index in [-0.39, 0.29) is 5.91 Å². The average molecular weight is 291 g/mol. The maximum atomic E-state index is 12.6. The molecular formula is C14H15ClN4O. The molecule has 1 aliphatic rings. The standard InChI is InChI=1S/C14H15ClN4O/c15-12-4-2-1-3-10(12)13-11(9-17-18-13)14(20)19-7-5-16-6-8-19/h1-4,9,16H,5-8H2,(H,17,18). The molecule has 2 heterocycles. The Morgan fingerprint density at radius 3 is 2.75 bits per heavy atom. The van der Waals surface area contributed by atoms with Crippen LogP contribution in [0.1, 0.15) is 10.4 Å². The van der Waals surface area contributed by atoms with Gasteiger partial charge in [0, 0.05) is 36.8 Å². The van der Waals surface area contributed by atoms with Crippen LogP contribution in [0, 0.1) is 0 Å². The van der Waals surface area contributed by atoms with E-state index in [1.807, 2.05) is 23.1 Å². The molecule has 1 aromatic carbocycles. The molecular weight excluding hydrogens is 276 g/mol. The Labute approximate surface area is 121 Å². The van der Waals surface area contributed by atoms with E-state index in [9.17, 15) is 4.79 Å². The van der Waals surface area contributed by atoms with Gasteiger partial charge in [0.2, 0.25) is 0 Å². The molecule has 1 fully saturated rings. The molecule has 2 aromatic rings. The van der Waals surface area contributed by atoms with E-state index in [1.165, 1.54) is 0 Å². The summed E-state index contributed by atoms with van der Waals surface area (Å²) in [6, 6.07) is 7.43. The third kappa shape index (κ3) is 2.42. The van der Waals surface area contributed by atoms with Crippen LogP contribution in [0.2, 0.25) is 5.02 Å². The average Bonchev–Trinajstić information content (AvgIpc) is 2.97. The van der Waals surface area contributed by atoms with Gasteiger partial charge in [0.15, 0.2) is 0 Å². The second-order valence-electron chi connectivity index (χ2n) is 4.68. The second kappa shape index (κ2) is 5.64. The monoisotopic (exact) mass is 290 g/mol. The first-order valence-electron chi connectivity index (χ1n) is 6.55. The molecule has 0 atom stereocenters. The van der Waals surface area contributed by atoms with E-state index in [0.29, 0.717) is 29.4 Å². The second-order valence-corrected chi connectivity index (χ2v) is 5.09. The van der Waals surface area contributed by atoms with Gasteiger partial charge in [-0.05, 0) is 6.07 Å². The van der Waals surface area contributed by atoms with E-state index in [1.54, 1.807) is 12.3 Å². The van der Waals surface area contributed by atoms with Gasteiger partial charge in [0.25, 0.3) is 5.91 Å². The molecule has 3 rings (SSSR count). The predicted octanol–water partition coefficient (Wildman–Crippen LogP) is 1.78. The highest BCUT2D eigenvalue weighted by atomic mass is 35.5. The highest BCUT2D eigenvalue weighted by Gasteiger charge is 2.23. The Bertz CT molecular complexity index is 619. The van der Waals surface area contributed by atoms with Crippen LogP contribution in [0.4, 0.5) is 0 Å². The number of amides is 1. The van der Waals surface area contributed by atoms with Crippen LogP contribution >= 0.6 is 11.6 Å². The van der Waals surface area contributed by atoms with E-state index in [0.717, 1.165) is 18.7 Å². The molecule has 1 aliphatic heterocycles. The fourth-order valence-electron chi connectivity index (χ4n) is 2.36. The number of carbonyl (C=O) groups is 1. The van der Waals surface area contributed by atoms with Crippen molar-refractivity contribution < 1.29 is 4.79 Å². The number of halogens is 1. The number of aromatic amines is 1. The number of nitrogens with one attached hydrogen (secondary N) is 2. The smallest absolute Gasteiger partial charge is 0.257 e. The van der Waals surface area contributed by atoms with E-state index in [2.05, 4.69) is 15.5 Å². The van der Waals surface area contributed by atoms with Gasteiger partial charge in [-0.3, -0.25) is 9.89 Å². The van der Waals surface area contributed by atoms with Crippen LogP contribution in [0.15, 0.2) is 30.5 Å². The molecule has 6 heteroatoms. The molecule has 0 aliphatic carbocycles. The van der Waals surface area contributed by atoms with Gasteiger partial charge in [0.05, 0.1) is 17.5 Å². The van der Waals surface area contributed by atoms with Crippen molar-refractivity contribution in [1.82, 2.24) is 20.4 Å². The van der Waals surface area contributed by atoms with Crippen molar-refractivity contribution in [1.29, 1.82) is 0 Å². The summed E-state index contributed by atoms with van der Waals surface area (Å²) < 4.78 is 0. The van der Waals surface area contributed by atoms with Gasteiger partial charge < -0.3 is 10.2 Å². The van der Waals surface area contributed by atoms with Gasteiger partial charge in [-0.25, -0.2) is 0 Å². The molecule has 2 N–H and O–H groups in total. The third-order valence-corrected chi connectivity index (χ3v) is 3.75. The van der Waals surface area contributed by atoms with Crippen LogP contribution in [0.5, 0.6) is 0 Å². The van der Waals surface area contributed by atoms with Crippen LogP contribution in [0.25, 0.3) is 11.3 Å². The van der Waals surface area contributed by atoms with Crippen molar-refractivity contribution in [2.24, 2.45) is 0 Å². The summed E-state index contributed by atoms with van der Waals surface area (Å²) in [6.07, 6.45) is 1.57. The van der Waals surface area contributed by atoms with Crippen LogP contribution in [-0.4, -0.2) is 47.2 Å². The highest BCUT2D eigenvalue weighted by molar-refractivity contribution is 6.33. The van der Waals surface area contributed by atoms with Gasteiger partial charge in [-0.15, -0.1) is 0 Å². The van der Waals surface area contributed by atoms with Gasteiger partial charge >= 0.3 is 0 Å². The van der Waals surface area contributed by atoms with E-state index < -0.39 is 0 Å². The van der Waals surface area contributed by atoms with Gasteiger partial charge in [-0.1, -0.05) is 29.8 Å². The Hall–Kier alpha value is -1.85. The first-order valence-corrected chi connectivity index (χ1v) is 6.93. The van der Waals surface area contributed by atoms with Crippen molar-refractivity contribution in [3.8, 4) is 11.3 Å². The number of H-pyrrole nitrogens is 1. The fraction of sp³-hybridized carbons (Fsp3) is 0.286. The maximum Gasteiger partial charge on any atom is 0.257 e. The lowest BCUT2D eigenvalue weighted by Gasteiger charge is -2.27.